The Labute approximate surface area is 114 Å². The Morgan fingerprint density at radius 1 is 1.31 bits per heavy atom. The normalized spacial score (nSPS) is 20.7. The maximum atomic E-state index is 6.35. The molecular formula is C12H17BrClNS. The second-order valence-corrected chi connectivity index (χ2v) is 7.09. The number of halogens is 2. The van der Waals surface area contributed by atoms with Gasteiger partial charge in [0.15, 0.2) is 0 Å². The molecule has 1 atom stereocenters. The molecule has 1 fully saturated rings. The van der Waals surface area contributed by atoms with Crippen LogP contribution in [0.5, 0.6) is 0 Å². The molecule has 2 rings (SSSR count). The van der Waals surface area contributed by atoms with Crippen LogP contribution in [-0.4, -0.2) is 0 Å². The summed E-state index contributed by atoms with van der Waals surface area (Å²) in [5.41, 5.74) is 6.35. The molecule has 1 aromatic rings. The SMILES string of the molecule is NC(c1cc(Br)c(Cl)s1)C1CCCCCC1. The van der Waals surface area contributed by atoms with E-state index in [2.05, 4.69) is 22.0 Å². The summed E-state index contributed by atoms with van der Waals surface area (Å²) in [5.74, 6) is 0.643. The van der Waals surface area contributed by atoms with Crippen molar-refractivity contribution in [2.24, 2.45) is 11.7 Å². The Morgan fingerprint density at radius 3 is 2.44 bits per heavy atom. The molecule has 1 aromatic heterocycles. The summed E-state index contributed by atoms with van der Waals surface area (Å²) >= 11 is 11.1. The van der Waals surface area contributed by atoms with Gasteiger partial charge in [-0.25, -0.2) is 0 Å². The first-order chi connectivity index (χ1) is 7.68. The first-order valence-corrected chi connectivity index (χ1v) is 7.87. The second-order valence-electron chi connectivity index (χ2n) is 4.55. The van der Waals surface area contributed by atoms with Gasteiger partial charge in [0.1, 0.15) is 4.34 Å². The minimum absolute atomic E-state index is 0.173. The molecule has 1 nitrogen and oxygen atoms in total. The van der Waals surface area contributed by atoms with Gasteiger partial charge in [-0.15, -0.1) is 11.3 Å². The molecule has 0 spiro atoms. The predicted octanol–water partition coefficient (Wildman–Crippen LogP) is 5.13. The van der Waals surface area contributed by atoms with Crippen molar-refractivity contribution < 1.29 is 0 Å². The summed E-state index contributed by atoms with van der Waals surface area (Å²) in [5, 5.41) is 0. The summed E-state index contributed by atoms with van der Waals surface area (Å²) in [6.45, 7) is 0. The van der Waals surface area contributed by atoms with Gasteiger partial charge in [0.25, 0.3) is 0 Å². The third-order valence-electron chi connectivity index (χ3n) is 3.40. The molecule has 0 amide bonds. The van der Waals surface area contributed by atoms with Crippen molar-refractivity contribution in [2.45, 2.75) is 44.6 Å². The molecule has 0 bridgehead atoms. The lowest BCUT2D eigenvalue weighted by molar-refractivity contribution is 0.386. The van der Waals surface area contributed by atoms with E-state index in [0.717, 1.165) is 8.81 Å². The molecular weight excluding hydrogens is 306 g/mol. The largest absolute Gasteiger partial charge is 0.323 e. The Morgan fingerprint density at radius 2 is 1.94 bits per heavy atom. The van der Waals surface area contributed by atoms with E-state index < -0.39 is 0 Å². The van der Waals surface area contributed by atoms with Crippen LogP contribution in [-0.2, 0) is 0 Å². The fourth-order valence-corrected chi connectivity index (χ4v) is 4.26. The van der Waals surface area contributed by atoms with Gasteiger partial charge >= 0.3 is 0 Å². The van der Waals surface area contributed by atoms with Crippen LogP contribution < -0.4 is 5.73 Å². The Hall–Kier alpha value is 0.430. The second kappa shape index (κ2) is 5.85. The molecule has 0 saturated heterocycles. The van der Waals surface area contributed by atoms with Crippen LogP contribution in [0, 0.1) is 5.92 Å². The molecule has 4 heteroatoms. The van der Waals surface area contributed by atoms with E-state index in [0.29, 0.717) is 5.92 Å². The van der Waals surface area contributed by atoms with Gasteiger partial charge in [-0.3, -0.25) is 0 Å². The molecule has 1 heterocycles. The Kier molecular flexibility index (Phi) is 4.71. The van der Waals surface area contributed by atoms with Crippen molar-refractivity contribution in [1.29, 1.82) is 0 Å². The van der Waals surface area contributed by atoms with Gasteiger partial charge in [-0.05, 0) is 40.8 Å². The van der Waals surface area contributed by atoms with Gasteiger partial charge in [0.05, 0.1) is 0 Å². The number of rotatable bonds is 2. The lowest BCUT2D eigenvalue weighted by Gasteiger charge is -2.20. The average Bonchev–Trinajstić information content (AvgIpc) is 2.51. The van der Waals surface area contributed by atoms with E-state index in [1.54, 1.807) is 11.3 Å². The van der Waals surface area contributed by atoms with Crippen molar-refractivity contribution in [1.82, 2.24) is 0 Å². The predicted molar refractivity (Wildman–Crippen MR) is 75.1 cm³/mol. The van der Waals surface area contributed by atoms with E-state index in [4.69, 9.17) is 17.3 Å². The lowest BCUT2D eigenvalue weighted by atomic mass is 9.91. The van der Waals surface area contributed by atoms with Crippen molar-refractivity contribution in [3.8, 4) is 0 Å². The molecule has 16 heavy (non-hydrogen) atoms. The van der Waals surface area contributed by atoms with Crippen molar-refractivity contribution in [3.05, 3.63) is 19.8 Å². The van der Waals surface area contributed by atoms with Gasteiger partial charge < -0.3 is 5.73 Å². The fourth-order valence-electron chi connectivity index (χ4n) is 2.43. The van der Waals surface area contributed by atoms with Gasteiger partial charge in [0, 0.05) is 15.4 Å². The minimum atomic E-state index is 0.173. The zero-order chi connectivity index (χ0) is 11.5. The van der Waals surface area contributed by atoms with Crippen molar-refractivity contribution in [2.75, 3.05) is 0 Å². The monoisotopic (exact) mass is 321 g/mol. The van der Waals surface area contributed by atoms with Crippen LogP contribution in [0.1, 0.15) is 49.4 Å². The van der Waals surface area contributed by atoms with E-state index in [9.17, 15) is 0 Å². The molecule has 90 valence electrons. The molecule has 0 aliphatic heterocycles. The van der Waals surface area contributed by atoms with Crippen molar-refractivity contribution in [3.63, 3.8) is 0 Å². The number of thiophene rings is 1. The average molecular weight is 323 g/mol. The minimum Gasteiger partial charge on any atom is -0.323 e. The molecule has 1 unspecified atom stereocenters. The van der Waals surface area contributed by atoms with Crippen LogP contribution in [0.25, 0.3) is 0 Å². The Bertz CT molecular complexity index is 325. The van der Waals surface area contributed by atoms with E-state index >= 15 is 0 Å². The van der Waals surface area contributed by atoms with Gasteiger partial charge in [0.2, 0.25) is 0 Å². The molecule has 0 radical (unpaired) electrons. The van der Waals surface area contributed by atoms with E-state index in [1.165, 1.54) is 43.4 Å². The highest BCUT2D eigenvalue weighted by Crippen LogP contribution is 2.39. The first-order valence-electron chi connectivity index (χ1n) is 5.89. The van der Waals surface area contributed by atoms with Crippen LogP contribution in [0.4, 0.5) is 0 Å². The van der Waals surface area contributed by atoms with E-state index in [1.807, 2.05) is 0 Å². The van der Waals surface area contributed by atoms with Crippen LogP contribution in [0.2, 0.25) is 4.34 Å². The van der Waals surface area contributed by atoms with Gasteiger partial charge in [-0.2, -0.15) is 0 Å². The zero-order valence-electron chi connectivity index (χ0n) is 9.22. The summed E-state index contributed by atoms with van der Waals surface area (Å²) in [6.07, 6.45) is 7.95. The first kappa shape index (κ1) is 12.9. The molecule has 1 aliphatic rings. The quantitative estimate of drug-likeness (QED) is 0.750. The number of nitrogens with two attached hydrogens (primary N) is 1. The lowest BCUT2D eigenvalue weighted by Crippen LogP contribution is -2.19. The number of hydrogen-bond donors (Lipinski definition) is 1. The topological polar surface area (TPSA) is 26.0 Å². The van der Waals surface area contributed by atoms with Crippen LogP contribution in [0.3, 0.4) is 0 Å². The number of hydrogen-bond acceptors (Lipinski definition) is 2. The highest BCUT2D eigenvalue weighted by atomic mass is 79.9. The molecule has 0 aromatic carbocycles. The standard InChI is InChI=1S/C12H17BrClNS/c13-9-7-10(16-12(9)14)11(15)8-5-3-1-2-4-6-8/h7-8,11H,1-6,15H2. The van der Waals surface area contributed by atoms with Crippen LogP contribution >= 0.6 is 38.9 Å². The molecule has 1 aliphatic carbocycles. The fraction of sp³-hybridized carbons (Fsp3) is 0.667. The molecule has 1 saturated carbocycles. The van der Waals surface area contributed by atoms with Gasteiger partial charge in [-0.1, -0.05) is 37.3 Å². The summed E-state index contributed by atoms with van der Waals surface area (Å²) < 4.78 is 1.80. The van der Waals surface area contributed by atoms with Crippen molar-refractivity contribution >= 4 is 38.9 Å². The smallest absolute Gasteiger partial charge is 0.107 e. The van der Waals surface area contributed by atoms with Crippen LogP contribution in [0.15, 0.2) is 10.5 Å². The highest BCUT2D eigenvalue weighted by molar-refractivity contribution is 9.10. The summed E-state index contributed by atoms with van der Waals surface area (Å²) in [6, 6.07) is 2.26. The third-order valence-corrected chi connectivity index (χ3v) is 5.98. The summed E-state index contributed by atoms with van der Waals surface area (Å²) in [7, 11) is 0. The molecule has 2 N–H and O–H groups in total. The Balaban J connectivity index is 2.07. The highest BCUT2D eigenvalue weighted by Gasteiger charge is 2.22. The maximum Gasteiger partial charge on any atom is 0.107 e. The van der Waals surface area contributed by atoms with E-state index in [-0.39, 0.29) is 6.04 Å². The third kappa shape index (κ3) is 3.00. The maximum absolute atomic E-state index is 6.35. The summed E-state index contributed by atoms with van der Waals surface area (Å²) in [4.78, 5) is 1.23. The zero-order valence-corrected chi connectivity index (χ0v) is 12.4.